The molecule has 18 heavy (non-hydrogen) atoms. The molecule has 1 aliphatic heterocycles. The zero-order valence-corrected chi connectivity index (χ0v) is 12.2. The van der Waals surface area contributed by atoms with Crippen molar-refractivity contribution in [1.29, 1.82) is 0 Å². The zero-order valence-electron chi connectivity index (χ0n) is 10.7. The van der Waals surface area contributed by atoms with Gasteiger partial charge in [0.15, 0.2) is 0 Å². The van der Waals surface area contributed by atoms with Gasteiger partial charge >= 0.3 is 0 Å². The lowest BCUT2D eigenvalue weighted by Gasteiger charge is -2.32. The van der Waals surface area contributed by atoms with Gasteiger partial charge in [-0.05, 0) is 60.3 Å². The molecule has 1 amide bonds. The minimum atomic E-state index is 0.115. The van der Waals surface area contributed by atoms with Crippen LogP contribution in [-0.4, -0.2) is 30.4 Å². The summed E-state index contributed by atoms with van der Waals surface area (Å²) in [4.78, 5) is 14.4. The predicted molar refractivity (Wildman–Crippen MR) is 76.6 cm³/mol. The molecule has 1 unspecified atom stereocenters. The number of halogens is 1. The van der Waals surface area contributed by atoms with Crippen molar-refractivity contribution in [2.24, 2.45) is 11.7 Å². The molecule has 3 nitrogen and oxygen atoms in total. The molecule has 2 N–H and O–H groups in total. The van der Waals surface area contributed by atoms with Gasteiger partial charge in [-0.25, -0.2) is 0 Å². The third-order valence-electron chi connectivity index (χ3n) is 3.49. The van der Waals surface area contributed by atoms with Crippen molar-refractivity contribution in [3.63, 3.8) is 0 Å². The number of carbonyl (C=O) groups excluding carboxylic acids is 1. The molecule has 0 aromatic heterocycles. The van der Waals surface area contributed by atoms with E-state index in [4.69, 9.17) is 5.73 Å². The largest absolute Gasteiger partial charge is 0.338 e. The van der Waals surface area contributed by atoms with Gasteiger partial charge in [0.05, 0.1) is 5.56 Å². The van der Waals surface area contributed by atoms with Gasteiger partial charge in [-0.3, -0.25) is 4.79 Å². The highest BCUT2D eigenvalue weighted by molar-refractivity contribution is 9.10. The summed E-state index contributed by atoms with van der Waals surface area (Å²) in [6, 6.07) is 5.88. The fraction of sp³-hybridized carbons (Fsp3) is 0.500. The smallest absolute Gasteiger partial charge is 0.255 e. The highest BCUT2D eigenvalue weighted by Crippen LogP contribution is 2.23. The van der Waals surface area contributed by atoms with Crippen molar-refractivity contribution in [2.75, 3.05) is 19.6 Å². The molecule has 0 bridgehead atoms. The van der Waals surface area contributed by atoms with Crippen LogP contribution in [0.4, 0.5) is 0 Å². The molecule has 1 saturated heterocycles. The number of carbonyl (C=O) groups is 1. The molecule has 0 radical (unpaired) electrons. The van der Waals surface area contributed by atoms with Crippen molar-refractivity contribution in [1.82, 2.24) is 4.90 Å². The number of piperidine rings is 1. The highest BCUT2D eigenvalue weighted by atomic mass is 79.9. The minimum absolute atomic E-state index is 0.115. The van der Waals surface area contributed by atoms with Crippen LogP contribution in [0.1, 0.15) is 28.8 Å². The lowest BCUT2D eigenvalue weighted by atomic mass is 9.97. The van der Waals surface area contributed by atoms with Crippen LogP contribution in [-0.2, 0) is 0 Å². The number of rotatable bonds is 2. The molecule has 2 rings (SSSR count). The second kappa shape index (κ2) is 5.85. The summed E-state index contributed by atoms with van der Waals surface area (Å²) in [5, 5.41) is 0. The number of benzene rings is 1. The van der Waals surface area contributed by atoms with Gasteiger partial charge in [-0.1, -0.05) is 11.6 Å². The summed E-state index contributed by atoms with van der Waals surface area (Å²) in [5.41, 5.74) is 7.57. The maximum absolute atomic E-state index is 12.5. The number of hydrogen-bond donors (Lipinski definition) is 1. The van der Waals surface area contributed by atoms with Gasteiger partial charge in [0, 0.05) is 17.6 Å². The van der Waals surface area contributed by atoms with E-state index in [1.807, 2.05) is 30.0 Å². The average Bonchev–Trinajstić information content (AvgIpc) is 2.41. The van der Waals surface area contributed by atoms with Gasteiger partial charge in [0.25, 0.3) is 5.91 Å². The highest BCUT2D eigenvalue weighted by Gasteiger charge is 2.24. The fourth-order valence-corrected chi connectivity index (χ4v) is 2.83. The van der Waals surface area contributed by atoms with Crippen molar-refractivity contribution in [3.05, 3.63) is 33.8 Å². The zero-order chi connectivity index (χ0) is 13.1. The van der Waals surface area contributed by atoms with E-state index in [0.717, 1.165) is 41.5 Å². The summed E-state index contributed by atoms with van der Waals surface area (Å²) in [6.07, 6.45) is 2.19. The Morgan fingerprint density at radius 2 is 2.33 bits per heavy atom. The second-order valence-corrected chi connectivity index (χ2v) is 5.83. The van der Waals surface area contributed by atoms with E-state index in [2.05, 4.69) is 15.9 Å². The molecule has 1 atom stereocenters. The Morgan fingerprint density at radius 1 is 1.56 bits per heavy atom. The molecule has 0 spiro atoms. The predicted octanol–water partition coefficient (Wildman–Crippen LogP) is 2.57. The number of nitrogens with two attached hydrogens (primary N) is 1. The van der Waals surface area contributed by atoms with Crippen molar-refractivity contribution < 1.29 is 4.79 Å². The third kappa shape index (κ3) is 2.93. The molecule has 1 fully saturated rings. The van der Waals surface area contributed by atoms with E-state index in [-0.39, 0.29) is 5.91 Å². The van der Waals surface area contributed by atoms with Crippen molar-refractivity contribution in [3.8, 4) is 0 Å². The van der Waals surface area contributed by atoms with E-state index in [1.165, 1.54) is 0 Å². The SMILES string of the molecule is Cc1ccc(Br)c(C(=O)N2CCCC(CN)C2)c1. The van der Waals surface area contributed by atoms with Crippen LogP contribution in [0.25, 0.3) is 0 Å². The molecule has 98 valence electrons. The first kappa shape index (κ1) is 13.6. The normalized spacial score (nSPS) is 19.9. The Balaban J connectivity index is 2.17. The van der Waals surface area contributed by atoms with Crippen LogP contribution < -0.4 is 5.73 Å². The summed E-state index contributed by atoms with van der Waals surface area (Å²) in [5.74, 6) is 0.565. The van der Waals surface area contributed by atoms with E-state index in [0.29, 0.717) is 12.5 Å². The van der Waals surface area contributed by atoms with Gasteiger partial charge in [0.1, 0.15) is 0 Å². The van der Waals surface area contributed by atoms with E-state index >= 15 is 0 Å². The maximum Gasteiger partial charge on any atom is 0.255 e. The van der Waals surface area contributed by atoms with Gasteiger partial charge in [-0.2, -0.15) is 0 Å². The van der Waals surface area contributed by atoms with Crippen molar-refractivity contribution in [2.45, 2.75) is 19.8 Å². The second-order valence-electron chi connectivity index (χ2n) is 4.98. The van der Waals surface area contributed by atoms with Crippen LogP contribution in [0.2, 0.25) is 0 Å². The van der Waals surface area contributed by atoms with Crippen LogP contribution in [0.15, 0.2) is 22.7 Å². The first-order valence-corrected chi connectivity index (χ1v) is 7.16. The monoisotopic (exact) mass is 310 g/mol. The molecule has 1 heterocycles. The van der Waals surface area contributed by atoms with Crippen LogP contribution in [0, 0.1) is 12.8 Å². The van der Waals surface area contributed by atoms with E-state index < -0.39 is 0 Å². The quantitative estimate of drug-likeness (QED) is 0.912. The first-order chi connectivity index (χ1) is 8.61. The number of likely N-dealkylation sites (tertiary alicyclic amines) is 1. The number of hydrogen-bond acceptors (Lipinski definition) is 2. The summed E-state index contributed by atoms with van der Waals surface area (Å²) in [7, 11) is 0. The van der Waals surface area contributed by atoms with Crippen LogP contribution in [0.3, 0.4) is 0 Å². The Bertz CT molecular complexity index is 447. The lowest BCUT2D eigenvalue weighted by Crippen LogP contribution is -2.42. The average molecular weight is 311 g/mol. The Morgan fingerprint density at radius 3 is 3.06 bits per heavy atom. The summed E-state index contributed by atoms with van der Waals surface area (Å²) in [6.45, 7) is 4.30. The Kier molecular flexibility index (Phi) is 4.40. The fourth-order valence-electron chi connectivity index (χ4n) is 2.42. The standard InChI is InChI=1S/C14H19BrN2O/c1-10-4-5-13(15)12(7-10)14(18)17-6-2-3-11(8-16)9-17/h4-5,7,11H,2-3,6,8-9,16H2,1H3. The molecule has 0 saturated carbocycles. The maximum atomic E-state index is 12.5. The molecular formula is C14H19BrN2O. The van der Waals surface area contributed by atoms with Gasteiger partial charge in [-0.15, -0.1) is 0 Å². The van der Waals surface area contributed by atoms with Crippen LogP contribution >= 0.6 is 15.9 Å². The first-order valence-electron chi connectivity index (χ1n) is 6.37. The number of nitrogens with zero attached hydrogens (tertiary/aromatic N) is 1. The lowest BCUT2D eigenvalue weighted by molar-refractivity contribution is 0.0677. The topological polar surface area (TPSA) is 46.3 Å². The number of amides is 1. The number of aryl methyl sites for hydroxylation is 1. The minimum Gasteiger partial charge on any atom is -0.338 e. The van der Waals surface area contributed by atoms with Gasteiger partial charge < -0.3 is 10.6 Å². The summed E-state index contributed by atoms with van der Waals surface area (Å²) >= 11 is 3.46. The Labute approximate surface area is 116 Å². The molecule has 4 heteroatoms. The molecule has 1 aromatic carbocycles. The summed E-state index contributed by atoms with van der Waals surface area (Å²) < 4.78 is 0.868. The third-order valence-corrected chi connectivity index (χ3v) is 4.18. The van der Waals surface area contributed by atoms with Crippen molar-refractivity contribution >= 4 is 21.8 Å². The van der Waals surface area contributed by atoms with Crippen LogP contribution in [0.5, 0.6) is 0 Å². The molecular weight excluding hydrogens is 292 g/mol. The molecule has 1 aromatic rings. The van der Waals surface area contributed by atoms with E-state index in [1.54, 1.807) is 0 Å². The molecule has 1 aliphatic rings. The van der Waals surface area contributed by atoms with E-state index in [9.17, 15) is 4.79 Å². The van der Waals surface area contributed by atoms with Gasteiger partial charge in [0.2, 0.25) is 0 Å². The molecule has 0 aliphatic carbocycles. The Hall–Kier alpha value is -0.870.